The molecule has 0 fully saturated rings. The number of rotatable bonds is 6. The first-order valence-corrected chi connectivity index (χ1v) is 19.7. The summed E-state index contributed by atoms with van der Waals surface area (Å²) in [5, 5.41) is 11.9. The summed E-state index contributed by atoms with van der Waals surface area (Å²) in [5.74, 6) is -0.278. The zero-order valence-corrected chi connectivity index (χ0v) is 34.1. The Hall–Kier alpha value is -6.26. The van der Waals surface area contributed by atoms with Crippen molar-refractivity contribution in [1.29, 1.82) is 0 Å². The fraction of sp³-hybridized carbons (Fsp3) is 0.236. The third kappa shape index (κ3) is 7.84. The standard InChI is InChI=1S/C55H55N3O/c1-35-19-21-36(22-20-35)38-27-28-56-47(32-38)40-29-39(30-43(31-40)55(8,9)10)44-17-14-18-49-51(44)57-52(46-34-42(54(5,6)7)24-26-50(46)59)58(49)48-25-23-41(53(2,3)4)33-45(48)37-15-12-11-13-16-37/h11-34,59H,1-10H3/i1D3,5D3,6D3,7D3. The first kappa shape index (κ1) is 27.4. The van der Waals surface area contributed by atoms with E-state index >= 15 is 0 Å². The van der Waals surface area contributed by atoms with Gasteiger partial charge in [0, 0.05) is 39.3 Å². The number of pyridine rings is 1. The van der Waals surface area contributed by atoms with Crippen molar-refractivity contribution in [2.24, 2.45) is 0 Å². The van der Waals surface area contributed by atoms with E-state index in [9.17, 15) is 5.11 Å². The molecule has 1 N–H and O–H groups in total. The summed E-state index contributed by atoms with van der Waals surface area (Å²) in [6, 6.07) is 41.7. The van der Waals surface area contributed by atoms with Crippen LogP contribution in [0.1, 0.15) is 101 Å². The number of aryl methyl sites for hydroxylation is 1. The second kappa shape index (κ2) is 14.8. The second-order valence-corrected chi connectivity index (χ2v) is 17.3. The van der Waals surface area contributed by atoms with Gasteiger partial charge in [-0.3, -0.25) is 9.55 Å². The van der Waals surface area contributed by atoms with E-state index in [-0.39, 0.29) is 33.5 Å². The maximum absolute atomic E-state index is 11.9. The number of aromatic hydroxyl groups is 1. The van der Waals surface area contributed by atoms with Crippen LogP contribution in [0.15, 0.2) is 146 Å². The third-order valence-electron chi connectivity index (χ3n) is 10.9. The van der Waals surface area contributed by atoms with E-state index in [0.29, 0.717) is 28.0 Å². The SMILES string of the molecule is [2H]C([2H])([2H])c1ccc(-c2ccnc(-c3cc(-c4cccc5c4nc(-c4cc(C(C([2H])([2H])[2H])(C([2H])([2H])[2H])C([2H])([2H])[2H])ccc4O)n5-c4ccc(C(C)(C)C)cc4-c4ccccc4)cc(C(C)(C)C)c3)c2)cc1. The van der Waals surface area contributed by atoms with Gasteiger partial charge in [0.25, 0.3) is 0 Å². The highest BCUT2D eigenvalue weighted by atomic mass is 16.3. The summed E-state index contributed by atoms with van der Waals surface area (Å²) < 4.78 is 102. The lowest BCUT2D eigenvalue weighted by Gasteiger charge is -2.23. The minimum atomic E-state index is -3.55. The predicted molar refractivity (Wildman–Crippen MR) is 249 cm³/mol. The Morgan fingerprint density at radius 2 is 1.22 bits per heavy atom. The minimum absolute atomic E-state index is 0.0808. The fourth-order valence-corrected chi connectivity index (χ4v) is 7.55. The number of hydrogen-bond acceptors (Lipinski definition) is 3. The predicted octanol–water partition coefficient (Wildman–Crippen LogP) is 14.7. The topological polar surface area (TPSA) is 50.9 Å². The van der Waals surface area contributed by atoms with E-state index in [0.717, 1.165) is 62.7 Å². The molecular formula is C55H55N3O. The average Bonchev–Trinajstić information content (AvgIpc) is 3.67. The van der Waals surface area contributed by atoms with Crippen LogP contribution >= 0.6 is 0 Å². The zero-order chi connectivity index (χ0) is 51.9. The Morgan fingerprint density at radius 3 is 1.93 bits per heavy atom. The summed E-state index contributed by atoms with van der Waals surface area (Å²) in [4.78, 5) is 10.1. The quantitative estimate of drug-likeness (QED) is 0.183. The summed E-state index contributed by atoms with van der Waals surface area (Å²) >= 11 is 0. The van der Waals surface area contributed by atoms with Crippen LogP contribution in [0.2, 0.25) is 0 Å². The van der Waals surface area contributed by atoms with Crippen LogP contribution in [0.5, 0.6) is 5.75 Å². The molecule has 0 amide bonds. The first-order valence-electron chi connectivity index (χ1n) is 25.7. The highest BCUT2D eigenvalue weighted by Gasteiger charge is 2.26. The largest absolute Gasteiger partial charge is 0.507 e. The molecule has 0 bridgehead atoms. The van der Waals surface area contributed by atoms with Crippen LogP contribution in [0.3, 0.4) is 0 Å². The molecule has 0 atom stereocenters. The molecule has 4 heteroatoms. The van der Waals surface area contributed by atoms with Gasteiger partial charge in [-0.2, -0.15) is 0 Å². The molecule has 0 saturated heterocycles. The van der Waals surface area contributed by atoms with Gasteiger partial charge >= 0.3 is 0 Å². The average molecular weight is 786 g/mol. The molecule has 4 nitrogen and oxygen atoms in total. The van der Waals surface area contributed by atoms with E-state index in [1.807, 2.05) is 83.4 Å². The molecule has 0 aliphatic heterocycles. The lowest BCUT2D eigenvalue weighted by molar-refractivity contribution is 0.475. The highest BCUT2D eigenvalue weighted by Crippen LogP contribution is 2.43. The molecule has 0 unspecified atom stereocenters. The smallest absolute Gasteiger partial charge is 0.149 e. The van der Waals surface area contributed by atoms with Crippen LogP contribution < -0.4 is 0 Å². The Bertz CT molecular complexity index is 3240. The van der Waals surface area contributed by atoms with E-state index in [1.54, 1.807) is 30.5 Å². The number of aromatic nitrogens is 3. The van der Waals surface area contributed by atoms with E-state index in [4.69, 9.17) is 26.4 Å². The molecule has 6 aromatic carbocycles. The molecule has 0 aliphatic rings. The number of fused-ring (bicyclic) bond motifs is 1. The Balaban J connectivity index is 1.44. The number of para-hydroxylation sites is 1. The van der Waals surface area contributed by atoms with Crippen molar-refractivity contribution in [2.45, 2.75) is 85.2 Å². The number of nitrogens with zero attached hydrogens (tertiary/aromatic N) is 3. The van der Waals surface area contributed by atoms with Crippen molar-refractivity contribution in [3.63, 3.8) is 0 Å². The molecule has 0 saturated carbocycles. The van der Waals surface area contributed by atoms with E-state index < -0.39 is 38.4 Å². The van der Waals surface area contributed by atoms with Gasteiger partial charge in [-0.05, 0) is 117 Å². The maximum atomic E-state index is 11.9. The molecule has 0 radical (unpaired) electrons. The van der Waals surface area contributed by atoms with Crippen molar-refractivity contribution in [2.75, 3.05) is 0 Å². The lowest BCUT2D eigenvalue weighted by atomic mass is 9.83. The fourth-order valence-electron chi connectivity index (χ4n) is 7.55. The van der Waals surface area contributed by atoms with Crippen molar-refractivity contribution >= 4 is 11.0 Å². The zero-order valence-electron chi connectivity index (χ0n) is 46.1. The summed E-state index contributed by atoms with van der Waals surface area (Å²) in [6.45, 7) is -0.219. The normalized spacial score (nSPS) is 16.2. The molecular weight excluding hydrogens is 719 g/mol. The first-order chi connectivity index (χ1) is 32.9. The lowest BCUT2D eigenvalue weighted by Crippen LogP contribution is -2.12. The van der Waals surface area contributed by atoms with E-state index in [2.05, 4.69) is 59.7 Å². The molecule has 0 aliphatic carbocycles. The van der Waals surface area contributed by atoms with Gasteiger partial charge in [0.05, 0.1) is 28.0 Å². The van der Waals surface area contributed by atoms with Crippen molar-refractivity contribution < 1.29 is 21.6 Å². The summed E-state index contributed by atoms with van der Waals surface area (Å²) in [6.07, 6.45) is 1.72. The Labute approximate surface area is 367 Å². The Kier molecular flexibility index (Phi) is 6.90. The van der Waals surface area contributed by atoms with Gasteiger partial charge in [0.15, 0.2) is 0 Å². The highest BCUT2D eigenvalue weighted by molar-refractivity contribution is 5.97. The molecule has 59 heavy (non-hydrogen) atoms. The molecule has 8 rings (SSSR count). The van der Waals surface area contributed by atoms with Crippen LogP contribution in [0.4, 0.5) is 0 Å². The molecule has 8 aromatic rings. The molecule has 296 valence electrons. The second-order valence-electron chi connectivity index (χ2n) is 17.3. The van der Waals surface area contributed by atoms with Gasteiger partial charge in [-0.25, -0.2) is 4.98 Å². The Morgan fingerprint density at radius 1 is 0.525 bits per heavy atom. The van der Waals surface area contributed by atoms with Crippen LogP contribution in [0.25, 0.3) is 72.7 Å². The number of hydrogen-bond donors (Lipinski definition) is 1. The van der Waals surface area contributed by atoms with Gasteiger partial charge < -0.3 is 5.11 Å². The summed E-state index contributed by atoms with van der Waals surface area (Å²) in [7, 11) is 0. The van der Waals surface area contributed by atoms with Crippen molar-refractivity contribution in [1.82, 2.24) is 14.5 Å². The van der Waals surface area contributed by atoms with Crippen LogP contribution in [0, 0.1) is 6.85 Å². The van der Waals surface area contributed by atoms with Gasteiger partial charge in [-0.15, -0.1) is 0 Å². The number of imidazole rings is 1. The minimum Gasteiger partial charge on any atom is -0.507 e. The van der Waals surface area contributed by atoms with Gasteiger partial charge in [0.2, 0.25) is 0 Å². The van der Waals surface area contributed by atoms with Gasteiger partial charge in [0.1, 0.15) is 11.6 Å². The molecule has 2 heterocycles. The maximum Gasteiger partial charge on any atom is 0.149 e. The van der Waals surface area contributed by atoms with Crippen LogP contribution in [-0.4, -0.2) is 19.6 Å². The molecule has 2 aromatic heterocycles. The van der Waals surface area contributed by atoms with Crippen molar-refractivity contribution in [3.05, 3.63) is 168 Å². The number of phenols is 1. The number of benzene rings is 6. The number of phenolic OH excluding ortho intramolecular Hbond substituents is 1. The molecule has 0 spiro atoms. The third-order valence-corrected chi connectivity index (χ3v) is 10.9. The van der Waals surface area contributed by atoms with Crippen molar-refractivity contribution in [3.8, 4) is 67.5 Å². The van der Waals surface area contributed by atoms with E-state index in [1.165, 1.54) is 0 Å². The van der Waals surface area contributed by atoms with Crippen LogP contribution in [-0.2, 0) is 16.2 Å². The monoisotopic (exact) mass is 786 g/mol. The summed E-state index contributed by atoms with van der Waals surface area (Å²) in [5.41, 5.74) is 5.66. The van der Waals surface area contributed by atoms with Gasteiger partial charge in [-0.1, -0.05) is 153 Å².